The molecule has 0 heterocycles. The van der Waals surface area contributed by atoms with Gasteiger partial charge in [0.05, 0.1) is 57.8 Å². The molecule has 4 aliphatic rings. The highest BCUT2D eigenvalue weighted by atomic mass is 28.4. The zero-order chi connectivity index (χ0) is 35.6. The highest BCUT2D eigenvalue weighted by Gasteiger charge is 2.81. The molecule has 2 aromatic carbocycles. The number of aliphatic hydroxyl groups excluding tert-OH is 1. The Balaban J connectivity index is 1.34. The lowest BCUT2D eigenvalue weighted by atomic mass is 9.62. The van der Waals surface area contributed by atoms with E-state index in [1.165, 1.54) is 0 Å². The highest BCUT2D eigenvalue weighted by molar-refractivity contribution is 6.74. The smallest absolute Gasteiger partial charge is 0.192 e. The molecule has 8 heteroatoms. The number of benzene rings is 2. The van der Waals surface area contributed by atoms with Gasteiger partial charge in [0.1, 0.15) is 17.3 Å². The Morgan fingerprint density at radius 1 is 0.878 bits per heavy atom. The number of hydrogen-bond acceptors (Lipinski definition) is 7. The van der Waals surface area contributed by atoms with Crippen molar-refractivity contribution in [2.75, 3.05) is 20.8 Å². The van der Waals surface area contributed by atoms with Crippen LogP contribution in [0.4, 0.5) is 0 Å². The van der Waals surface area contributed by atoms with E-state index in [0.29, 0.717) is 19.6 Å². The van der Waals surface area contributed by atoms with E-state index in [-0.39, 0.29) is 46.7 Å². The van der Waals surface area contributed by atoms with Crippen molar-refractivity contribution in [1.29, 1.82) is 0 Å². The number of rotatable bonds is 11. The number of carbonyl (C=O) groups is 1. The summed E-state index contributed by atoms with van der Waals surface area (Å²) in [6.07, 6.45) is 3.40. The fourth-order valence-corrected chi connectivity index (χ4v) is 11.2. The molecule has 0 aromatic heterocycles. The fraction of sp³-hybridized carbons (Fsp3) is 0.634. The predicted molar refractivity (Wildman–Crippen MR) is 194 cm³/mol. The van der Waals surface area contributed by atoms with Crippen molar-refractivity contribution < 1.29 is 33.3 Å². The molecule has 8 atom stereocenters. The van der Waals surface area contributed by atoms with Gasteiger partial charge in [0.25, 0.3) is 0 Å². The number of ether oxygens (including phenoxy) is 4. The second-order valence-corrected chi connectivity index (χ2v) is 22.1. The first kappa shape index (κ1) is 36.3. The topological polar surface area (TPSA) is 83.5 Å². The molecular formula is C41H58O7Si. The monoisotopic (exact) mass is 690 g/mol. The van der Waals surface area contributed by atoms with Crippen LogP contribution in [0.3, 0.4) is 0 Å². The highest BCUT2D eigenvalue weighted by Crippen LogP contribution is 2.76. The van der Waals surface area contributed by atoms with Gasteiger partial charge in [-0.1, -0.05) is 71.9 Å². The number of aliphatic hydroxyl groups is 1. The fourth-order valence-electron chi connectivity index (χ4n) is 9.46. The molecule has 4 aliphatic carbocycles. The van der Waals surface area contributed by atoms with Gasteiger partial charge < -0.3 is 28.5 Å². The van der Waals surface area contributed by atoms with Gasteiger partial charge in [0.2, 0.25) is 0 Å². The summed E-state index contributed by atoms with van der Waals surface area (Å²) in [6, 6.07) is 15.8. The summed E-state index contributed by atoms with van der Waals surface area (Å²) in [4.78, 5) is 15.3. The first-order chi connectivity index (χ1) is 23.0. The zero-order valence-electron chi connectivity index (χ0n) is 31.3. The summed E-state index contributed by atoms with van der Waals surface area (Å²) in [5.41, 5.74) is 1.55. The first-order valence-electron chi connectivity index (χ1n) is 18.1. The number of carbonyl (C=O) groups excluding carboxylic acids is 1. The molecule has 0 saturated heterocycles. The lowest BCUT2D eigenvalue weighted by Crippen LogP contribution is -2.48. The summed E-state index contributed by atoms with van der Waals surface area (Å²) >= 11 is 0. The zero-order valence-corrected chi connectivity index (χ0v) is 32.3. The van der Waals surface area contributed by atoms with Crippen LogP contribution in [0.1, 0.15) is 71.9 Å². The first-order valence-corrected chi connectivity index (χ1v) is 21.0. The van der Waals surface area contributed by atoms with Crippen LogP contribution in [0.15, 0.2) is 60.2 Å². The Kier molecular flexibility index (Phi) is 9.58. The molecule has 7 nitrogen and oxygen atoms in total. The van der Waals surface area contributed by atoms with Gasteiger partial charge >= 0.3 is 0 Å². The van der Waals surface area contributed by atoms with E-state index in [2.05, 4.69) is 60.7 Å². The number of methoxy groups -OCH3 is 2. The average molecular weight is 691 g/mol. The molecule has 1 N–H and O–H groups in total. The SMILES string of the molecule is COc1ccc(COCC2=C[C@@H]3C[C@H](OCc4ccc(OC)cc4)C[C@]34C(=O)[C@@H]([C@@H]2O)[C@@H]2C(C)(C)[C@]2(O[Si](C)(C)C(C)(C)C)C[C@H]4C)cc1. The molecule has 6 rings (SSSR count). The Bertz CT molecular complexity index is 1540. The summed E-state index contributed by atoms with van der Waals surface area (Å²) in [6.45, 7) is 19.4. The van der Waals surface area contributed by atoms with E-state index in [4.69, 9.17) is 23.4 Å². The van der Waals surface area contributed by atoms with E-state index in [0.717, 1.165) is 41.0 Å². The molecule has 0 aliphatic heterocycles. The number of Topliss-reactive ketones (excluding diaryl/α,β-unsaturated/α-hetero) is 1. The second kappa shape index (κ2) is 12.9. The van der Waals surface area contributed by atoms with Gasteiger partial charge in [-0.15, -0.1) is 0 Å². The Hall–Kier alpha value is -2.49. The van der Waals surface area contributed by atoms with Gasteiger partial charge in [-0.05, 0) is 95.6 Å². The van der Waals surface area contributed by atoms with E-state index >= 15 is 4.79 Å². The largest absolute Gasteiger partial charge is 0.497 e. The molecule has 1 spiro atoms. The quantitative estimate of drug-likeness (QED) is 0.188. The lowest BCUT2D eigenvalue weighted by molar-refractivity contribution is -0.141. The van der Waals surface area contributed by atoms with Gasteiger partial charge in [-0.25, -0.2) is 0 Å². The van der Waals surface area contributed by atoms with Crippen molar-refractivity contribution in [3.05, 3.63) is 71.3 Å². The molecular weight excluding hydrogens is 633 g/mol. The predicted octanol–water partition coefficient (Wildman–Crippen LogP) is 8.14. The minimum Gasteiger partial charge on any atom is -0.497 e. The molecule has 0 amide bonds. The van der Waals surface area contributed by atoms with Gasteiger partial charge in [-0.3, -0.25) is 4.79 Å². The van der Waals surface area contributed by atoms with Gasteiger partial charge in [0.15, 0.2) is 8.32 Å². The number of hydrogen-bond donors (Lipinski definition) is 1. The Morgan fingerprint density at radius 2 is 1.45 bits per heavy atom. The number of allylic oxidation sites excluding steroid dienone is 1. The van der Waals surface area contributed by atoms with Crippen LogP contribution >= 0.6 is 0 Å². The molecule has 49 heavy (non-hydrogen) atoms. The van der Waals surface area contributed by atoms with Crippen LogP contribution < -0.4 is 9.47 Å². The third kappa shape index (κ3) is 6.13. The minimum atomic E-state index is -2.23. The Morgan fingerprint density at radius 3 is 2.00 bits per heavy atom. The third-order valence-corrected chi connectivity index (χ3v) is 17.8. The van der Waals surface area contributed by atoms with Gasteiger partial charge in [0, 0.05) is 11.3 Å². The van der Waals surface area contributed by atoms with Crippen LogP contribution in [0, 0.1) is 34.5 Å². The van der Waals surface area contributed by atoms with Crippen LogP contribution in [-0.2, 0) is 31.9 Å². The van der Waals surface area contributed by atoms with Crippen LogP contribution in [-0.4, -0.2) is 57.8 Å². The van der Waals surface area contributed by atoms with Gasteiger partial charge in [-0.2, -0.15) is 0 Å². The molecule has 2 aromatic rings. The normalized spacial score (nSPS) is 33.5. The van der Waals surface area contributed by atoms with E-state index in [1.807, 2.05) is 48.5 Å². The summed E-state index contributed by atoms with van der Waals surface area (Å²) < 4.78 is 31.1. The van der Waals surface area contributed by atoms with Crippen molar-refractivity contribution in [3.63, 3.8) is 0 Å². The van der Waals surface area contributed by atoms with Crippen molar-refractivity contribution in [2.24, 2.45) is 34.5 Å². The maximum absolute atomic E-state index is 15.3. The van der Waals surface area contributed by atoms with Crippen molar-refractivity contribution >= 4 is 14.1 Å². The second-order valence-electron chi connectivity index (χ2n) is 17.3. The molecule has 268 valence electrons. The van der Waals surface area contributed by atoms with Crippen LogP contribution in [0.2, 0.25) is 18.1 Å². The van der Waals surface area contributed by atoms with E-state index < -0.39 is 31.4 Å². The maximum Gasteiger partial charge on any atom is 0.192 e. The lowest BCUT2D eigenvalue weighted by Gasteiger charge is -2.44. The summed E-state index contributed by atoms with van der Waals surface area (Å²) in [7, 11) is 1.10. The van der Waals surface area contributed by atoms with E-state index in [1.54, 1.807) is 14.2 Å². The molecule has 0 unspecified atom stereocenters. The average Bonchev–Trinajstić information content (AvgIpc) is 3.33. The van der Waals surface area contributed by atoms with Crippen LogP contribution in [0.25, 0.3) is 0 Å². The van der Waals surface area contributed by atoms with Crippen molar-refractivity contribution in [1.82, 2.24) is 0 Å². The molecule has 3 saturated carbocycles. The molecule has 0 radical (unpaired) electrons. The number of fused-ring (bicyclic) bond motifs is 3. The summed E-state index contributed by atoms with van der Waals surface area (Å²) in [5.74, 6) is 1.17. The number of ketones is 1. The molecule has 3 fully saturated rings. The molecule has 2 bridgehead atoms. The van der Waals surface area contributed by atoms with Crippen LogP contribution in [0.5, 0.6) is 11.5 Å². The van der Waals surface area contributed by atoms with Crippen molar-refractivity contribution in [2.45, 2.75) is 110 Å². The summed E-state index contributed by atoms with van der Waals surface area (Å²) in [5, 5.41) is 12.4. The Labute approximate surface area is 294 Å². The standard InChI is InChI=1S/C41H58O7Si/c1-26-21-41(48-49(9,10)38(2,3)4)36(39(41,5)6)34-35(42)29(25-46-23-27-11-15-31(44-7)16-12-27)19-30-20-33(22-40(26,30)37(34)43)47-24-28-13-17-32(45-8)18-14-28/h11-19,26,30,33-36,42H,20-25H2,1-10H3/t26-,30-,33+,34+,35-,36-,40-,41+/m1/s1. The minimum absolute atomic E-state index is 0.0179. The van der Waals surface area contributed by atoms with E-state index in [9.17, 15) is 5.11 Å². The third-order valence-electron chi connectivity index (χ3n) is 13.4. The maximum atomic E-state index is 15.3. The van der Waals surface area contributed by atoms with Crippen molar-refractivity contribution in [3.8, 4) is 11.5 Å².